The van der Waals surface area contributed by atoms with Crippen LogP contribution in [-0.2, 0) is 14.3 Å². The highest BCUT2D eigenvalue weighted by atomic mass is 35.5. The van der Waals surface area contributed by atoms with Crippen molar-refractivity contribution in [2.75, 3.05) is 25.4 Å². The Bertz CT molecular complexity index is 548. The molecule has 0 saturated carbocycles. The molecule has 0 fully saturated rings. The average Bonchev–Trinajstić information content (AvgIpc) is 2.49. The van der Waals surface area contributed by atoms with Gasteiger partial charge in [0.2, 0.25) is 0 Å². The van der Waals surface area contributed by atoms with E-state index in [-0.39, 0.29) is 18.3 Å². The van der Waals surface area contributed by atoms with Crippen molar-refractivity contribution in [3.63, 3.8) is 0 Å². The second-order valence-electron chi connectivity index (χ2n) is 4.74. The number of halogens is 1. The van der Waals surface area contributed by atoms with E-state index in [4.69, 9.17) is 16.3 Å². The average molecular weight is 342 g/mol. The van der Waals surface area contributed by atoms with E-state index in [0.29, 0.717) is 18.1 Å². The monoisotopic (exact) mass is 341 g/mol. The summed E-state index contributed by atoms with van der Waals surface area (Å²) in [6, 6.07) is 7.26. The minimum atomic E-state index is -0.440. The summed E-state index contributed by atoms with van der Waals surface area (Å²) < 4.78 is 5.01. The first-order chi connectivity index (χ1) is 10.4. The predicted octanol–water partition coefficient (Wildman–Crippen LogP) is 3.40. The molecule has 4 nitrogen and oxygen atoms in total. The number of carbonyl (C=O) groups excluding carboxylic acids is 2. The molecule has 0 radical (unpaired) electrons. The zero-order chi connectivity index (χ0) is 16.5. The second kappa shape index (κ2) is 9.54. The van der Waals surface area contributed by atoms with Gasteiger partial charge in [-0.2, -0.15) is 0 Å². The third-order valence-corrected chi connectivity index (χ3v) is 4.22. The van der Waals surface area contributed by atoms with Crippen molar-refractivity contribution in [1.82, 2.24) is 4.90 Å². The van der Waals surface area contributed by atoms with Crippen molar-refractivity contribution >= 4 is 35.2 Å². The number of thioether (sulfide) groups is 1. The number of esters is 1. The topological polar surface area (TPSA) is 46.6 Å². The lowest BCUT2D eigenvalue weighted by molar-refractivity contribution is -0.149. The minimum Gasteiger partial charge on any atom is -0.455 e. The lowest BCUT2D eigenvalue weighted by Crippen LogP contribution is -2.35. The Kier molecular flexibility index (Phi) is 8.06. The van der Waals surface area contributed by atoms with Crippen molar-refractivity contribution in [1.29, 1.82) is 0 Å². The van der Waals surface area contributed by atoms with Crippen molar-refractivity contribution < 1.29 is 14.3 Å². The molecule has 0 aromatic heterocycles. The maximum absolute atomic E-state index is 11.9. The number of rotatable bonds is 8. The van der Waals surface area contributed by atoms with Gasteiger partial charge in [-0.3, -0.25) is 9.59 Å². The van der Waals surface area contributed by atoms with Crippen LogP contribution < -0.4 is 0 Å². The van der Waals surface area contributed by atoms with E-state index < -0.39 is 5.97 Å². The maximum atomic E-state index is 11.9. The minimum absolute atomic E-state index is 0.115. The standard InChI is InChI=1S/C16H20ClNO3S/c1-4-18(9-12(2)3)15(19)10-21-16(20)11-22-14-8-6-5-7-13(14)17/h5-8H,2,4,9-11H2,1,3H3. The highest BCUT2D eigenvalue weighted by Gasteiger charge is 2.14. The Labute approximate surface area is 140 Å². The van der Waals surface area contributed by atoms with E-state index >= 15 is 0 Å². The van der Waals surface area contributed by atoms with Crippen molar-refractivity contribution in [2.24, 2.45) is 0 Å². The third kappa shape index (κ3) is 6.54. The molecular weight excluding hydrogens is 322 g/mol. The van der Waals surface area contributed by atoms with Gasteiger partial charge >= 0.3 is 5.97 Å². The fraction of sp³-hybridized carbons (Fsp3) is 0.375. The first-order valence-electron chi connectivity index (χ1n) is 6.89. The molecule has 1 aromatic rings. The second-order valence-corrected chi connectivity index (χ2v) is 6.17. The zero-order valence-electron chi connectivity index (χ0n) is 12.8. The highest BCUT2D eigenvalue weighted by Crippen LogP contribution is 2.26. The summed E-state index contributed by atoms with van der Waals surface area (Å²) in [5.74, 6) is -0.546. The van der Waals surface area contributed by atoms with Gasteiger partial charge in [-0.25, -0.2) is 0 Å². The van der Waals surface area contributed by atoms with Gasteiger partial charge in [0.05, 0.1) is 10.8 Å². The molecule has 0 aliphatic rings. The molecule has 120 valence electrons. The van der Waals surface area contributed by atoms with Crippen molar-refractivity contribution in [3.05, 3.63) is 41.4 Å². The van der Waals surface area contributed by atoms with Crippen LogP contribution in [0.3, 0.4) is 0 Å². The number of nitrogens with zero attached hydrogens (tertiary/aromatic N) is 1. The summed E-state index contributed by atoms with van der Waals surface area (Å²) in [5, 5.41) is 0.593. The number of amides is 1. The number of benzene rings is 1. The summed E-state index contributed by atoms with van der Waals surface area (Å²) in [4.78, 5) is 26.0. The number of ether oxygens (including phenoxy) is 1. The fourth-order valence-electron chi connectivity index (χ4n) is 1.68. The molecule has 0 spiro atoms. The maximum Gasteiger partial charge on any atom is 0.316 e. The van der Waals surface area contributed by atoms with Crippen LogP contribution in [0, 0.1) is 0 Å². The fourth-order valence-corrected chi connectivity index (χ4v) is 2.71. The van der Waals surface area contributed by atoms with E-state index in [1.165, 1.54) is 11.8 Å². The summed E-state index contributed by atoms with van der Waals surface area (Å²) in [6.45, 7) is 8.27. The zero-order valence-corrected chi connectivity index (χ0v) is 14.4. The van der Waals surface area contributed by atoms with Gasteiger partial charge in [-0.15, -0.1) is 11.8 Å². The van der Waals surface area contributed by atoms with Gasteiger partial charge in [0, 0.05) is 18.0 Å². The molecule has 0 heterocycles. The van der Waals surface area contributed by atoms with Gasteiger partial charge in [-0.1, -0.05) is 35.9 Å². The molecule has 0 aliphatic heterocycles. The first kappa shape index (κ1) is 18.6. The van der Waals surface area contributed by atoms with E-state index in [1.54, 1.807) is 11.0 Å². The van der Waals surface area contributed by atoms with Crippen LogP contribution in [0.4, 0.5) is 0 Å². The molecule has 6 heteroatoms. The van der Waals surface area contributed by atoms with E-state index in [0.717, 1.165) is 10.5 Å². The normalized spacial score (nSPS) is 10.1. The number of hydrogen-bond acceptors (Lipinski definition) is 4. The molecule has 0 N–H and O–H groups in total. The van der Waals surface area contributed by atoms with Gasteiger partial charge < -0.3 is 9.64 Å². The predicted molar refractivity (Wildman–Crippen MR) is 90.2 cm³/mol. The molecule has 0 unspecified atom stereocenters. The van der Waals surface area contributed by atoms with E-state index in [9.17, 15) is 9.59 Å². The van der Waals surface area contributed by atoms with Crippen LogP contribution in [0.1, 0.15) is 13.8 Å². The lowest BCUT2D eigenvalue weighted by Gasteiger charge is -2.20. The number of hydrogen-bond donors (Lipinski definition) is 0. The molecule has 1 rings (SSSR count). The highest BCUT2D eigenvalue weighted by molar-refractivity contribution is 8.00. The summed E-state index contributed by atoms with van der Waals surface area (Å²) in [6.07, 6.45) is 0. The van der Waals surface area contributed by atoms with Crippen LogP contribution in [-0.4, -0.2) is 42.2 Å². The lowest BCUT2D eigenvalue weighted by atomic mass is 10.3. The molecule has 0 bridgehead atoms. The molecule has 0 aliphatic carbocycles. The molecule has 22 heavy (non-hydrogen) atoms. The number of carbonyl (C=O) groups is 2. The molecular formula is C16H20ClNO3S. The quantitative estimate of drug-likeness (QED) is 0.413. The Morgan fingerprint density at radius 1 is 1.36 bits per heavy atom. The van der Waals surface area contributed by atoms with E-state index in [1.807, 2.05) is 32.0 Å². The largest absolute Gasteiger partial charge is 0.455 e. The summed E-state index contributed by atoms with van der Waals surface area (Å²) >= 11 is 7.29. The third-order valence-electron chi connectivity index (χ3n) is 2.73. The van der Waals surface area contributed by atoms with Crippen LogP contribution in [0.5, 0.6) is 0 Å². The number of likely N-dealkylation sites (N-methyl/N-ethyl adjacent to an activating group) is 1. The Morgan fingerprint density at radius 3 is 2.64 bits per heavy atom. The summed E-state index contributed by atoms with van der Waals surface area (Å²) in [7, 11) is 0. The van der Waals surface area contributed by atoms with Gasteiger partial charge in [0.15, 0.2) is 6.61 Å². The Morgan fingerprint density at radius 2 is 2.05 bits per heavy atom. The van der Waals surface area contributed by atoms with Crippen molar-refractivity contribution in [2.45, 2.75) is 18.7 Å². The van der Waals surface area contributed by atoms with Gasteiger partial charge in [-0.05, 0) is 26.0 Å². The molecule has 1 amide bonds. The van der Waals surface area contributed by atoms with Crippen LogP contribution in [0.2, 0.25) is 5.02 Å². The van der Waals surface area contributed by atoms with Crippen LogP contribution in [0.15, 0.2) is 41.3 Å². The molecule has 1 aromatic carbocycles. The van der Waals surface area contributed by atoms with Crippen LogP contribution >= 0.6 is 23.4 Å². The first-order valence-corrected chi connectivity index (χ1v) is 8.25. The Balaban J connectivity index is 2.38. The van der Waals surface area contributed by atoms with Crippen LogP contribution in [0.25, 0.3) is 0 Å². The molecule has 0 saturated heterocycles. The summed E-state index contributed by atoms with van der Waals surface area (Å²) in [5.41, 5.74) is 0.885. The smallest absolute Gasteiger partial charge is 0.316 e. The van der Waals surface area contributed by atoms with Gasteiger partial charge in [0.1, 0.15) is 0 Å². The Hall–Kier alpha value is -1.46. The SMILES string of the molecule is C=C(C)CN(CC)C(=O)COC(=O)CSc1ccccc1Cl. The molecule has 0 atom stereocenters. The van der Waals surface area contributed by atoms with Gasteiger partial charge in [0.25, 0.3) is 5.91 Å². The van der Waals surface area contributed by atoms with E-state index in [2.05, 4.69) is 6.58 Å². The van der Waals surface area contributed by atoms with Crippen molar-refractivity contribution in [3.8, 4) is 0 Å².